The summed E-state index contributed by atoms with van der Waals surface area (Å²) in [6.07, 6.45) is 0. The Bertz CT molecular complexity index is 741. The zero-order valence-corrected chi connectivity index (χ0v) is 14.8. The molecular formula is C14H15Cl2NO2S2. The molecule has 0 fully saturated rings. The van der Waals surface area contributed by atoms with Crippen LogP contribution in [0.2, 0.25) is 5.02 Å². The van der Waals surface area contributed by atoms with Gasteiger partial charge in [0.25, 0.3) is 0 Å². The van der Waals surface area contributed by atoms with Crippen LogP contribution in [0.4, 0.5) is 0 Å². The molecule has 0 saturated heterocycles. The van der Waals surface area contributed by atoms with E-state index < -0.39 is 10.0 Å². The van der Waals surface area contributed by atoms with Crippen LogP contribution in [0.1, 0.15) is 15.3 Å². The summed E-state index contributed by atoms with van der Waals surface area (Å²) < 4.78 is 26.6. The van der Waals surface area contributed by atoms with Crippen LogP contribution >= 0.6 is 34.5 Å². The molecule has 114 valence electrons. The van der Waals surface area contributed by atoms with Crippen molar-refractivity contribution < 1.29 is 8.42 Å². The third-order valence-corrected chi connectivity index (χ3v) is 6.83. The predicted octanol–water partition coefficient (Wildman–Crippen LogP) is 4.27. The highest BCUT2D eigenvalue weighted by atomic mass is 35.5. The van der Waals surface area contributed by atoms with E-state index in [9.17, 15) is 8.42 Å². The minimum atomic E-state index is -3.53. The molecule has 0 atom stereocenters. The second-order valence-corrected chi connectivity index (χ2v) is 8.72. The summed E-state index contributed by atoms with van der Waals surface area (Å²) >= 11 is 13.1. The van der Waals surface area contributed by atoms with E-state index in [1.165, 1.54) is 15.6 Å². The smallest absolute Gasteiger partial charge is 0.207 e. The molecule has 0 radical (unpaired) electrons. The lowest BCUT2D eigenvalue weighted by Crippen LogP contribution is -2.26. The average Bonchev–Trinajstić information content (AvgIpc) is 2.80. The largest absolute Gasteiger partial charge is 0.244 e. The van der Waals surface area contributed by atoms with Gasteiger partial charge in [-0.2, -0.15) is 4.31 Å². The molecule has 0 unspecified atom stereocenters. The van der Waals surface area contributed by atoms with Gasteiger partial charge >= 0.3 is 0 Å². The van der Waals surface area contributed by atoms with Crippen LogP contribution in [0.15, 0.2) is 35.2 Å². The van der Waals surface area contributed by atoms with E-state index in [1.807, 2.05) is 6.07 Å². The van der Waals surface area contributed by atoms with Crippen LogP contribution in [-0.4, -0.2) is 19.8 Å². The maximum Gasteiger partial charge on any atom is 0.244 e. The van der Waals surface area contributed by atoms with Gasteiger partial charge in [-0.1, -0.05) is 23.7 Å². The molecule has 7 heteroatoms. The third kappa shape index (κ3) is 3.79. The Morgan fingerprint density at radius 3 is 2.57 bits per heavy atom. The molecule has 0 spiro atoms. The molecule has 1 aromatic heterocycles. The summed E-state index contributed by atoms with van der Waals surface area (Å²) in [6.45, 7) is 2.06. The SMILES string of the molecule is Cc1sc(CCl)cc1S(=O)(=O)N(C)Cc1cccc(Cl)c1. The number of hydrogen-bond acceptors (Lipinski definition) is 3. The lowest BCUT2D eigenvalue weighted by atomic mass is 10.2. The molecule has 1 heterocycles. The fraction of sp³-hybridized carbons (Fsp3) is 0.286. The molecule has 0 aliphatic heterocycles. The highest BCUT2D eigenvalue weighted by Crippen LogP contribution is 2.29. The van der Waals surface area contributed by atoms with Crippen molar-refractivity contribution in [3.63, 3.8) is 0 Å². The first kappa shape index (κ1) is 16.8. The van der Waals surface area contributed by atoms with Gasteiger partial charge in [-0.25, -0.2) is 8.42 Å². The second kappa shape index (κ2) is 6.67. The molecule has 0 bridgehead atoms. The van der Waals surface area contributed by atoms with E-state index >= 15 is 0 Å². The van der Waals surface area contributed by atoms with Crippen LogP contribution in [-0.2, 0) is 22.4 Å². The summed E-state index contributed by atoms with van der Waals surface area (Å²) in [5.41, 5.74) is 0.846. The first-order chi connectivity index (χ1) is 9.84. The molecule has 0 N–H and O–H groups in total. The Morgan fingerprint density at radius 2 is 2.00 bits per heavy atom. The summed E-state index contributed by atoms with van der Waals surface area (Å²) in [7, 11) is -1.96. The van der Waals surface area contributed by atoms with Gasteiger partial charge in [0.15, 0.2) is 0 Å². The van der Waals surface area contributed by atoms with Crippen molar-refractivity contribution in [2.24, 2.45) is 0 Å². The number of halogens is 2. The van der Waals surface area contributed by atoms with E-state index in [1.54, 1.807) is 38.2 Å². The van der Waals surface area contributed by atoms with Gasteiger partial charge in [0.1, 0.15) is 0 Å². The van der Waals surface area contributed by atoms with Gasteiger partial charge in [-0.3, -0.25) is 0 Å². The lowest BCUT2D eigenvalue weighted by molar-refractivity contribution is 0.466. The van der Waals surface area contributed by atoms with Crippen LogP contribution in [0, 0.1) is 6.92 Å². The van der Waals surface area contributed by atoms with Crippen LogP contribution < -0.4 is 0 Å². The number of hydrogen-bond donors (Lipinski definition) is 0. The Morgan fingerprint density at radius 1 is 1.29 bits per heavy atom. The fourth-order valence-corrected chi connectivity index (χ4v) is 5.05. The fourth-order valence-electron chi connectivity index (χ4n) is 1.99. The molecule has 0 aliphatic carbocycles. The molecule has 3 nitrogen and oxygen atoms in total. The molecule has 0 amide bonds. The van der Waals surface area contributed by atoms with Crippen molar-refractivity contribution >= 4 is 44.6 Å². The monoisotopic (exact) mass is 363 g/mol. The number of nitrogens with zero attached hydrogens (tertiary/aromatic N) is 1. The maximum absolute atomic E-state index is 12.6. The van der Waals surface area contributed by atoms with Crippen molar-refractivity contribution in [2.45, 2.75) is 24.2 Å². The topological polar surface area (TPSA) is 37.4 Å². The number of thiophene rings is 1. The minimum Gasteiger partial charge on any atom is -0.207 e. The van der Waals surface area contributed by atoms with Gasteiger partial charge < -0.3 is 0 Å². The van der Waals surface area contributed by atoms with Crippen molar-refractivity contribution in [1.82, 2.24) is 4.31 Å². The summed E-state index contributed by atoms with van der Waals surface area (Å²) in [5, 5.41) is 0.592. The maximum atomic E-state index is 12.6. The first-order valence-corrected chi connectivity index (χ1v) is 9.37. The molecular weight excluding hydrogens is 349 g/mol. The second-order valence-electron chi connectivity index (χ2n) is 4.66. The Kier molecular flexibility index (Phi) is 5.33. The molecule has 1 aromatic carbocycles. The van der Waals surface area contributed by atoms with Crippen LogP contribution in [0.25, 0.3) is 0 Å². The summed E-state index contributed by atoms with van der Waals surface area (Å²) in [4.78, 5) is 1.93. The Hall–Kier alpha value is -0.590. The van der Waals surface area contributed by atoms with Crippen molar-refractivity contribution in [1.29, 1.82) is 0 Å². The minimum absolute atomic E-state index is 0.272. The number of benzene rings is 1. The lowest BCUT2D eigenvalue weighted by Gasteiger charge is -2.17. The quantitative estimate of drug-likeness (QED) is 0.743. The standard InChI is InChI=1S/C14H15Cl2NO2S2/c1-10-14(7-13(8-15)20-10)21(18,19)17(2)9-11-4-3-5-12(16)6-11/h3-7H,8-9H2,1-2H3. The zero-order valence-electron chi connectivity index (χ0n) is 11.6. The van der Waals surface area contributed by atoms with Gasteiger partial charge in [0.2, 0.25) is 10.0 Å². The number of sulfonamides is 1. The number of aryl methyl sites for hydroxylation is 1. The highest BCUT2D eigenvalue weighted by Gasteiger charge is 2.25. The van der Waals surface area contributed by atoms with E-state index in [-0.39, 0.29) is 6.54 Å². The summed E-state index contributed by atoms with van der Waals surface area (Å²) in [5.74, 6) is 0.318. The Balaban J connectivity index is 2.28. The molecule has 2 rings (SSSR count). The van der Waals surface area contributed by atoms with E-state index in [0.717, 1.165) is 15.3 Å². The van der Waals surface area contributed by atoms with Crippen molar-refractivity contribution in [3.8, 4) is 0 Å². The van der Waals surface area contributed by atoms with Crippen LogP contribution in [0.5, 0.6) is 0 Å². The number of alkyl halides is 1. The predicted molar refractivity (Wildman–Crippen MR) is 88.7 cm³/mol. The normalized spacial score (nSPS) is 12.0. The third-order valence-electron chi connectivity index (χ3n) is 3.04. The van der Waals surface area contributed by atoms with E-state index in [2.05, 4.69) is 0 Å². The van der Waals surface area contributed by atoms with Crippen molar-refractivity contribution in [2.75, 3.05) is 7.05 Å². The van der Waals surface area contributed by atoms with Gasteiger partial charge in [-0.15, -0.1) is 22.9 Å². The van der Waals surface area contributed by atoms with E-state index in [4.69, 9.17) is 23.2 Å². The molecule has 21 heavy (non-hydrogen) atoms. The zero-order chi connectivity index (χ0) is 15.6. The molecule has 0 saturated carbocycles. The number of rotatable bonds is 5. The first-order valence-electron chi connectivity index (χ1n) is 6.20. The molecule has 0 aliphatic rings. The van der Waals surface area contributed by atoms with Gasteiger partial charge in [0, 0.05) is 28.4 Å². The van der Waals surface area contributed by atoms with Crippen molar-refractivity contribution in [3.05, 3.63) is 50.7 Å². The average molecular weight is 364 g/mol. The van der Waals surface area contributed by atoms with Gasteiger partial charge in [0.05, 0.1) is 10.8 Å². The summed E-state index contributed by atoms with van der Waals surface area (Å²) in [6, 6.07) is 8.83. The van der Waals surface area contributed by atoms with E-state index in [0.29, 0.717) is 15.8 Å². The van der Waals surface area contributed by atoms with Gasteiger partial charge in [-0.05, 0) is 30.7 Å². The highest BCUT2D eigenvalue weighted by molar-refractivity contribution is 7.89. The Labute approximate surface area is 139 Å². The van der Waals surface area contributed by atoms with Crippen LogP contribution in [0.3, 0.4) is 0 Å². The molecule has 2 aromatic rings.